The molecular weight excluding hydrogens is 798 g/mol. The molecule has 0 N–H and O–H groups in total. The number of hydrogen-bond acceptors (Lipinski definition) is 3. The molecule has 7 aromatic carbocycles. The van der Waals surface area contributed by atoms with E-state index in [1.165, 1.54) is 109 Å². The lowest BCUT2D eigenvalue weighted by Crippen LogP contribution is -2.65. The van der Waals surface area contributed by atoms with Crippen LogP contribution in [-0.4, -0.2) is 12.3 Å². The van der Waals surface area contributed by atoms with Crippen LogP contribution in [0.2, 0.25) is 0 Å². The van der Waals surface area contributed by atoms with Crippen LogP contribution in [0.3, 0.4) is 0 Å². The van der Waals surface area contributed by atoms with Crippen LogP contribution < -0.4 is 31.1 Å². The highest BCUT2D eigenvalue weighted by molar-refractivity contribution is 7.01. The van der Waals surface area contributed by atoms with Crippen molar-refractivity contribution in [3.8, 4) is 11.1 Å². The Morgan fingerprint density at radius 3 is 1.82 bits per heavy atom. The van der Waals surface area contributed by atoms with Crippen LogP contribution in [-0.2, 0) is 21.7 Å². The normalized spacial score (nSPS) is 20.6. The van der Waals surface area contributed by atoms with Crippen LogP contribution in [0.4, 0.5) is 45.5 Å². The van der Waals surface area contributed by atoms with Crippen LogP contribution in [0.5, 0.6) is 0 Å². The van der Waals surface area contributed by atoms with Gasteiger partial charge in [0.2, 0.25) is 0 Å². The van der Waals surface area contributed by atoms with Gasteiger partial charge in [-0.2, -0.15) is 0 Å². The van der Waals surface area contributed by atoms with Crippen molar-refractivity contribution < 1.29 is 0 Å². The van der Waals surface area contributed by atoms with Gasteiger partial charge in [-0.25, -0.2) is 0 Å². The van der Waals surface area contributed by atoms with E-state index in [2.05, 4.69) is 230 Å². The zero-order valence-corrected chi connectivity index (χ0v) is 41.0. The molecule has 2 atom stereocenters. The Morgan fingerprint density at radius 2 is 1.15 bits per heavy atom. The Hall–Kier alpha value is -6.00. The molecule has 3 heterocycles. The van der Waals surface area contributed by atoms with Gasteiger partial charge in [-0.1, -0.05) is 166 Å². The highest BCUT2D eigenvalue weighted by Gasteiger charge is 2.62. The number of aryl methyl sites for hydroxylation is 1. The highest BCUT2D eigenvalue weighted by atomic mass is 15.3. The summed E-state index contributed by atoms with van der Waals surface area (Å²) in [6, 6.07) is 54.1. The molecule has 0 spiro atoms. The van der Waals surface area contributed by atoms with Gasteiger partial charge < -0.3 is 14.7 Å². The van der Waals surface area contributed by atoms with Gasteiger partial charge >= 0.3 is 0 Å². The van der Waals surface area contributed by atoms with E-state index in [0.717, 1.165) is 17.8 Å². The first-order chi connectivity index (χ1) is 31.4. The van der Waals surface area contributed by atoms with Crippen molar-refractivity contribution in [1.29, 1.82) is 0 Å². The lowest BCUT2D eigenvalue weighted by atomic mass is 9.32. The maximum absolute atomic E-state index is 2.91. The summed E-state index contributed by atoms with van der Waals surface area (Å²) in [6.07, 6.45) is 4.83. The average molecular weight is 862 g/mol. The van der Waals surface area contributed by atoms with Crippen LogP contribution in [0.25, 0.3) is 11.1 Å². The summed E-state index contributed by atoms with van der Waals surface area (Å²) in [5.74, 6) is 0. The molecule has 3 nitrogen and oxygen atoms in total. The molecule has 0 radical (unpaired) electrons. The lowest BCUT2D eigenvalue weighted by Gasteiger charge is -2.53. The minimum absolute atomic E-state index is 0.0166. The standard InChI is InChI=1S/C62H64BN3/c1-39-34-40(58(2,3)4)28-30-50(39)65-51-31-29-47-54(45-26-18-19-27-46(45)60(47,8)9)56(51)63-49-36-41(59(5,6)7)35-48-57(49)66(62(11)33-21-20-32-61(48,62)10)53-38-44(37-52(65)55(53)63)64(42-22-14-12-15-23-42)43-24-16-13-17-25-43/h12-19,22-31,34-38H,20-21,32-33H2,1-11H3. The largest absolute Gasteiger partial charge is 0.335 e. The van der Waals surface area contributed by atoms with E-state index in [1.54, 1.807) is 5.56 Å². The fraction of sp³-hybridized carbons (Fsp3) is 0.323. The molecule has 330 valence electrons. The summed E-state index contributed by atoms with van der Waals surface area (Å²) >= 11 is 0. The predicted octanol–water partition coefficient (Wildman–Crippen LogP) is 14.7. The van der Waals surface area contributed by atoms with Crippen LogP contribution in [0.15, 0.2) is 140 Å². The zero-order valence-electron chi connectivity index (χ0n) is 41.0. The molecule has 2 unspecified atom stereocenters. The maximum Gasteiger partial charge on any atom is 0.252 e. The summed E-state index contributed by atoms with van der Waals surface area (Å²) in [5, 5.41) is 0. The van der Waals surface area contributed by atoms with Crippen LogP contribution in [0, 0.1) is 6.92 Å². The fourth-order valence-corrected chi connectivity index (χ4v) is 13.4. The monoisotopic (exact) mass is 862 g/mol. The summed E-state index contributed by atoms with van der Waals surface area (Å²) < 4.78 is 0. The molecule has 7 aromatic rings. The molecule has 0 amide bonds. The van der Waals surface area contributed by atoms with Gasteiger partial charge in [0.05, 0.1) is 11.2 Å². The van der Waals surface area contributed by atoms with Crippen molar-refractivity contribution in [3.05, 3.63) is 173 Å². The van der Waals surface area contributed by atoms with Crippen molar-refractivity contribution in [2.24, 2.45) is 0 Å². The van der Waals surface area contributed by atoms with Gasteiger partial charge in [-0.05, 0) is 147 Å². The van der Waals surface area contributed by atoms with Crippen molar-refractivity contribution >= 4 is 68.6 Å². The fourth-order valence-electron chi connectivity index (χ4n) is 13.4. The molecule has 0 aromatic heterocycles. The summed E-state index contributed by atoms with van der Waals surface area (Å²) in [7, 11) is 0. The second-order valence-electron chi connectivity index (χ2n) is 23.4. The highest BCUT2D eigenvalue weighted by Crippen LogP contribution is 2.63. The molecule has 0 saturated heterocycles. The van der Waals surface area contributed by atoms with Crippen molar-refractivity contribution in [2.75, 3.05) is 14.7 Å². The summed E-state index contributed by atoms with van der Waals surface area (Å²) in [6.45, 7) is 26.8. The molecule has 3 aliphatic heterocycles. The molecular formula is C62H64BN3. The third-order valence-corrected chi connectivity index (χ3v) is 17.2. The Bertz CT molecular complexity index is 3110. The van der Waals surface area contributed by atoms with Gasteiger partial charge in [-0.3, -0.25) is 0 Å². The third kappa shape index (κ3) is 5.51. The zero-order chi connectivity index (χ0) is 45.9. The molecule has 0 bridgehead atoms. The van der Waals surface area contributed by atoms with Crippen molar-refractivity contribution in [1.82, 2.24) is 0 Å². The number of fused-ring (bicyclic) bond motifs is 11. The third-order valence-electron chi connectivity index (χ3n) is 17.2. The number of nitrogens with zero attached hydrogens (tertiary/aromatic N) is 3. The van der Waals surface area contributed by atoms with Gasteiger partial charge in [0.1, 0.15) is 0 Å². The molecule has 66 heavy (non-hydrogen) atoms. The molecule has 5 aliphatic rings. The van der Waals surface area contributed by atoms with E-state index in [-0.39, 0.29) is 33.9 Å². The molecule has 2 aliphatic carbocycles. The minimum atomic E-state index is -0.138. The quantitative estimate of drug-likeness (QED) is 0.163. The van der Waals surface area contributed by atoms with Crippen molar-refractivity contribution in [3.63, 3.8) is 0 Å². The lowest BCUT2D eigenvalue weighted by molar-refractivity contribution is 0.195. The van der Waals surface area contributed by atoms with Gasteiger partial charge in [-0.15, -0.1) is 0 Å². The smallest absolute Gasteiger partial charge is 0.252 e. The number of rotatable bonds is 4. The van der Waals surface area contributed by atoms with Crippen LogP contribution >= 0.6 is 0 Å². The van der Waals surface area contributed by atoms with E-state index in [9.17, 15) is 0 Å². The number of hydrogen-bond donors (Lipinski definition) is 0. The molecule has 4 heteroatoms. The van der Waals surface area contributed by atoms with E-state index in [0.29, 0.717) is 0 Å². The molecule has 1 saturated carbocycles. The van der Waals surface area contributed by atoms with Gasteiger partial charge in [0.15, 0.2) is 0 Å². The second-order valence-corrected chi connectivity index (χ2v) is 23.4. The minimum Gasteiger partial charge on any atom is -0.335 e. The Labute approximate surface area is 394 Å². The van der Waals surface area contributed by atoms with E-state index in [4.69, 9.17) is 0 Å². The van der Waals surface area contributed by atoms with Crippen LogP contribution in [0.1, 0.15) is 128 Å². The summed E-state index contributed by atoms with van der Waals surface area (Å²) in [5.41, 5.74) is 25.5. The summed E-state index contributed by atoms with van der Waals surface area (Å²) in [4.78, 5) is 8.10. The maximum atomic E-state index is 2.91. The average Bonchev–Trinajstić information content (AvgIpc) is 3.65. The van der Waals surface area contributed by atoms with Gasteiger partial charge in [0, 0.05) is 50.6 Å². The topological polar surface area (TPSA) is 9.72 Å². The van der Waals surface area contributed by atoms with Crippen molar-refractivity contribution in [2.45, 2.75) is 129 Å². The van der Waals surface area contributed by atoms with E-state index >= 15 is 0 Å². The first-order valence-corrected chi connectivity index (χ1v) is 24.7. The molecule has 1 fully saturated rings. The first kappa shape index (κ1) is 41.4. The Kier molecular flexibility index (Phi) is 8.65. The predicted molar refractivity (Wildman–Crippen MR) is 283 cm³/mol. The van der Waals surface area contributed by atoms with E-state index < -0.39 is 0 Å². The molecule has 12 rings (SSSR count). The van der Waals surface area contributed by atoms with Gasteiger partial charge in [0.25, 0.3) is 6.71 Å². The Morgan fingerprint density at radius 1 is 0.530 bits per heavy atom. The first-order valence-electron chi connectivity index (χ1n) is 24.7. The Balaban J connectivity index is 1.27. The second kappa shape index (κ2) is 13.8. The van der Waals surface area contributed by atoms with E-state index in [1.807, 2.05) is 0 Å². The number of benzene rings is 7. The number of anilines is 8. The number of para-hydroxylation sites is 2. The SMILES string of the molecule is Cc1cc(C(C)(C)C)ccc1N1c2cc(N(c3ccccc3)c3ccccc3)cc3c2B(c2cc(C(C)(C)C)cc4c2N3C2(C)CCCCC42C)c2c1ccc1c2-c2ccccc2C1(C)C.